The molecule has 2 N–H and O–H groups in total. The smallest absolute Gasteiger partial charge is 0.222 e. The van der Waals surface area contributed by atoms with E-state index in [1.165, 1.54) is 24.3 Å². The van der Waals surface area contributed by atoms with Gasteiger partial charge in [-0.25, -0.2) is 8.78 Å². The second kappa shape index (κ2) is 8.21. The Morgan fingerprint density at radius 1 is 1.16 bits per heavy atom. The van der Waals surface area contributed by atoms with Gasteiger partial charge in [-0.3, -0.25) is 4.79 Å². The molecule has 3 rings (SSSR count). The molecule has 0 saturated carbocycles. The SMILES string of the molecule is O=C(CC1CCCN1)NC(Cc1cccc(F)c1)c1cccc(F)c1. The minimum absolute atomic E-state index is 0.0786. The summed E-state index contributed by atoms with van der Waals surface area (Å²) in [5, 5.41) is 6.28. The van der Waals surface area contributed by atoms with E-state index in [1.807, 2.05) is 0 Å². The fourth-order valence-electron chi connectivity index (χ4n) is 3.28. The van der Waals surface area contributed by atoms with Crippen LogP contribution in [0.3, 0.4) is 0 Å². The van der Waals surface area contributed by atoms with E-state index in [1.54, 1.807) is 24.3 Å². The summed E-state index contributed by atoms with van der Waals surface area (Å²) >= 11 is 0. The molecule has 1 fully saturated rings. The van der Waals surface area contributed by atoms with Crippen LogP contribution in [0.25, 0.3) is 0 Å². The Balaban J connectivity index is 1.74. The van der Waals surface area contributed by atoms with Gasteiger partial charge in [0, 0.05) is 12.5 Å². The lowest BCUT2D eigenvalue weighted by Crippen LogP contribution is -2.35. The van der Waals surface area contributed by atoms with Crippen LogP contribution in [0.4, 0.5) is 8.78 Å². The zero-order chi connectivity index (χ0) is 17.6. The molecule has 132 valence electrons. The quantitative estimate of drug-likeness (QED) is 0.842. The van der Waals surface area contributed by atoms with Crippen LogP contribution in [0.2, 0.25) is 0 Å². The van der Waals surface area contributed by atoms with Gasteiger partial charge in [0.25, 0.3) is 0 Å². The van der Waals surface area contributed by atoms with Crippen molar-refractivity contribution in [1.82, 2.24) is 10.6 Å². The predicted octanol–water partition coefficient (Wildman–Crippen LogP) is 3.51. The second-order valence-electron chi connectivity index (χ2n) is 6.51. The average molecular weight is 344 g/mol. The van der Waals surface area contributed by atoms with E-state index in [4.69, 9.17) is 0 Å². The van der Waals surface area contributed by atoms with Gasteiger partial charge in [0.2, 0.25) is 5.91 Å². The number of rotatable bonds is 6. The monoisotopic (exact) mass is 344 g/mol. The average Bonchev–Trinajstić information content (AvgIpc) is 3.07. The number of carbonyl (C=O) groups is 1. The molecule has 5 heteroatoms. The maximum Gasteiger partial charge on any atom is 0.222 e. The highest BCUT2D eigenvalue weighted by Crippen LogP contribution is 2.21. The third-order valence-electron chi connectivity index (χ3n) is 4.51. The highest BCUT2D eigenvalue weighted by molar-refractivity contribution is 5.77. The van der Waals surface area contributed by atoms with Crippen LogP contribution < -0.4 is 10.6 Å². The minimum Gasteiger partial charge on any atom is -0.349 e. The molecule has 2 atom stereocenters. The largest absolute Gasteiger partial charge is 0.349 e. The van der Waals surface area contributed by atoms with Gasteiger partial charge in [-0.1, -0.05) is 24.3 Å². The van der Waals surface area contributed by atoms with E-state index in [9.17, 15) is 13.6 Å². The molecule has 1 aliphatic heterocycles. The molecule has 1 amide bonds. The molecule has 0 aromatic heterocycles. The lowest BCUT2D eigenvalue weighted by Gasteiger charge is -2.21. The van der Waals surface area contributed by atoms with Crippen LogP contribution in [-0.4, -0.2) is 18.5 Å². The third kappa shape index (κ3) is 5.10. The van der Waals surface area contributed by atoms with E-state index < -0.39 is 6.04 Å². The summed E-state index contributed by atoms with van der Waals surface area (Å²) in [6.07, 6.45) is 2.87. The number of halogens is 2. The Morgan fingerprint density at radius 3 is 2.60 bits per heavy atom. The van der Waals surface area contributed by atoms with Crippen molar-refractivity contribution in [2.24, 2.45) is 0 Å². The van der Waals surface area contributed by atoms with E-state index in [-0.39, 0.29) is 23.6 Å². The van der Waals surface area contributed by atoms with Crippen molar-refractivity contribution in [3.63, 3.8) is 0 Å². The molecular formula is C20H22F2N2O. The first-order chi connectivity index (χ1) is 12.1. The van der Waals surface area contributed by atoms with Gasteiger partial charge < -0.3 is 10.6 Å². The standard InChI is InChI=1S/C20H22F2N2O/c21-16-6-1-4-14(10-16)11-19(15-5-2-7-17(22)12-15)24-20(25)13-18-8-3-9-23-18/h1-2,4-7,10,12,18-19,23H,3,8-9,11,13H2,(H,24,25). The summed E-state index contributed by atoms with van der Waals surface area (Å²) in [6, 6.07) is 12.2. The third-order valence-corrected chi connectivity index (χ3v) is 4.51. The highest BCUT2D eigenvalue weighted by atomic mass is 19.1. The molecule has 2 unspecified atom stereocenters. The number of nitrogens with one attached hydrogen (secondary N) is 2. The van der Waals surface area contributed by atoms with Gasteiger partial charge in [-0.05, 0) is 61.2 Å². The van der Waals surface area contributed by atoms with Crippen molar-refractivity contribution >= 4 is 5.91 Å². The number of benzene rings is 2. The lowest BCUT2D eigenvalue weighted by molar-refractivity contribution is -0.122. The first-order valence-electron chi connectivity index (χ1n) is 8.63. The van der Waals surface area contributed by atoms with Gasteiger partial charge in [0.05, 0.1) is 6.04 Å². The van der Waals surface area contributed by atoms with Crippen molar-refractivity contribution in [3.8, 4) is 0 Å². The highest BCUT2D eigenvalue weighted by Gasteiger charge is 2.21. The van der Waals surface area contributed by atoms with Gasteiger partial charge in [0.15, 0.2) is 0 Å². The molecule has 0 radical (unpaired) electrons. The van der Waals surface area contributed by atoms with E-state index in [0.29, 0.717) is 18.4 Å². The van der Waals surface area contributed by atoms with E-state index >= 15 is 0 Å². The maximum absolute atomic E-state index is 13.6. The Morgan fingerprint density at radius 2 is 1.92 bits per heavy atom. The summed E-state index contributed by atoms with van der Waals surface area (Å²) in [5.74, 6) is -0.754. The number of hydrogen-bond acceptors (Lipinski definition) is 2. The first kappa shape index (κ1) is 17.5. The topological polar surface area (TPSA) is 41.1 Å². The maximum atomic E-state index is 13.6. The summed E-state index contributed by atoms with van der Waals surface area (Å²) < 4.78 is 27.1. The van der Waals surface area contributed by atoms with Crippen LogP contribution in [0.5, 0.6) is 0 Å². The Hall–Kier alpha value is -2.27. The lowest BCUT2D eigenvalue weighted by atomic mass is 9.98. The van der Waals surface area contributed by atoms with Gasteiger partial charge in [-0.15, -0.1) is 0 Å². The molecule has 0 bridgehead atoms. The summed E-state index contributed by atoms with van der Waals surface area (Å²) in [4.78, 5) is 12.4. The molecular weight excluding hydrogens is 322 g/mol. The molecule has 0 aliphatic carbocycles. The summed E-state index contributed by atoms with van der Waals surface area (Å²) in [7, 11) is 0. The fourth-order valence-corrected chi connectivity index (χ4v) is 3.28. The van der Waals surface area contributed by atoms with Crippen molar-refractivity contribution in [3.05, 3.63) is 71.3 Å². The number of carbonyl (C=O) groups excluding carboxylic acids is 1. The first-order valence-corrected chi connectivity index (χ1v) is 8.63. The second-order valence-corrected chi connectivity index (χ2v) is 6.51. The molecule has 25 heavy (non-hydrogen) atoms. The fraction of sp³-hybridized carbons (Fsp3) is 0.350. The van der Waals surface area contributed by atoms with Crippen molar-refractivity contribution in [1.29, 1.82) is 0 Å². The van der Waals surface area contributed by atoms with Crippen molar-refractivity contribution in [2.45, 2.75) is 37.8 Å². The molecule has 1 aliphatic rings. The van der Waals surface area contributed by atoms with E-state index in [0.717, 1.165) is 24.9 Å². The summed E-state index contributed by atoms with van der Waals surface area (Å²) in [6.45, 7) is 0.939. The molecule has 1 saturated heterocycles. The Labute approximate surface area is 146 Å². The van der Waals surface area contributed by atoms with Gasteiger partial charge in [0.1, 0.15) is 11.6 Å². The predicted molar refractivity (Wildman–Crippen MR) is 93.0 cm³/mol. The molecule has 1 heterocycles. The van der Waals surface area contributed by atoms with Crippen molar-refractivity contribution < 1.29 is 13.6 Å². The zero-order valence-corrected chi connectivity index (χ0v) is 14.0. The zero-order valence-electron chi connectivity index (χ0n) is 14.0. The molecule has 0 spiro atoms. The van der Waals surface area contributed by atoms with Crippen LogP contribution >= 0.6 is 0 Å². The molecule has 2 aromatic rings. The molecule has 3 nitrogen and oxygen atoms in total. The van der Waals surface area contributed by atoms with Crippen LogP contribution in [-0.2, 0) is 11.2 Å². The normalized spacial score (nSPS) is 18.1. The number of hydrogen-bond donors (Lipinski definition) is 2. The Kier molecular flexibility index (Phi) is 5.76. The summed E-state index contributed by atoms with van der Waals surface area (Å²) in [5.41, 5.74) is 1.44. The number of amides is 1. The van der Waals surface area contributed by atoms with Gasteiger partial charge >= 0.3 is 0 Å². The van der Waals surface area contributed by atoms with E-state index in [2.05, 4.69) is 10.6 Å². The van der Waals surface area contributed by atoms with Crippen LogP contribution in [0.15, 0.2) is 48.5 Å². The van der Waals surface area contributed by atoms with Crippen LogP contribution in [0.1, 0.15) is 36.4 Å². The Bertz CT molecular complexity index is 729. The minimum atomic E-state index is -0.397. The van der Waals surface area contributed by atoms with Crippen LogP contribution in [0, 0.1) is 11.6 Å². The van der Waals surface area contributed by atoms with Gasteiger partial charge in [-0.2, -0.15) is 0 Å². The molecule has 2 aromatic carbocycles. The van der Waals surface area contributed by atoms with Crippen molar-refractivity contribution in [2.75, 3.05) is 6.54 Å².